The molecule has 1 saturated carbocycles. The molecular formula is C13H25N3O2. The summed E-state index contributed by atoms with van der Waals surface area (Å²) in [6, 6.07) is 0.152. The zero-order valence-corrected chi connectivity index (χ0v) is 11.6. The fraction of sp³-hybridized carbons (Fsp3) is 0.846. The Labute approximate surface area is 109 Å². The van der Waals surface area contributed by atoms with Crippen LogP contribution in [0.25, 0.3) is 0 Å². The molecule has 0 saturated heterocycles. The van der Waals surface area contributed by atoms with Gasteiger partial charge in [0.1, 0.15) is 0 Å². The highest BCUT2D eigenvalue weighted by molar-refractivity contribution is 5.78. The number of rotatable bonds is 4. The van der Waals surface area contributed by atoms with Crippen LogP contribution >= 0.6 is 0 Å². The van der Waals surface area contributed by atoms with Gasteiger partial charge in [0.25, 0.3) is 0 Å². The largest absolute Gasteiger partial charge is 0.351 e. The Morgan fingerprint density at radius 2 is 1.78 bits per heavy atom. The summed E-state index contributed by atoms with van der Waals surface area (Å²) in [5.74, 6) is -0.0383. The average molecular weight is 255 g/mol. The van der Waals surface area contributed by atoms with E-state index in [1.807, 2.05) is 20.8 Å². The first kappa shape index (κ1) is 14.8. The molecule has 1 fully saturated rings. The van der Waals surface area contributed by atoms with Crippen LogP contribution in [0.2, 0.25) is 0 Å². The molecule has 0 aliphatic heterocycles. The van der Waals surface area contributed by atoms with Crippen molar-refractivity contribution < 1.29 is 9.59 Å². The van der Waals surface area contributed by atoms with Crippen molar-refractivity contribution in [2.45, 2.75) is 64.5 Å². The van der Waals surface area contributed by atoms with Gasteiger partial charge in [-0.2, -0.15) is 0 Å². The lowest BCUT2D eigenvalue weighted by atomic mass is 10.1. The minimum absolute atomic E-state index is 0.0383. The molecule has 0 aromatic carbocycles. The number of carbonyl (C=O) groups is 2. The molecule has 5 nitrogen and oxygen atoms in total. The minimum atomic E-state index is -0.219. The van der Waals surface area contributed by atoms with Gasteiger partial charge in [0.2, 0.25) is 5.91 Å². The summed E-state index contributed by atoms with van der Waals surface area (Å²) in [7, 11) is 0. The van der Waals surface area contributed by atoms with Gasteiger partial charge in [-0.05, 0) is 33.6 Å². The normalized spacial score (nSPS) is 16.4. The molecule has 5 heteroatoms. The number of amides is 3. The molecule has 1 aliphatic carbocycles. The van der Waals surface area contributed by atoms with Crippen molar-refractivity contribution >= 4 is 11.9 Å². The highest BCUT2D eigenvalue weighted by Crippen LogP contribution is 2.17. The Hall–Kier alpha value is -1.26. The van der Waals surface area contributed by atoms with Crippen LogP contribution < -0.4 is 16.0 Å². The molecule has 0 atom stereocenters. The summed E-state index contributed by atoms with van der Waals surface area (Å²) < 4.78 is 0. The van der Waals surface area contributed by atoms with E-state index in [9.17, 15) is 9.59 Å². The number of hydrogen-bond donors (Lipinski definition) is 3. The van der Waals surface area contributed by atoms with Crippen LogP contribution in [0.3, 0.4) is 0 Å². The van der Waals surface area contributed by atoms with Crippen LogP contribution in [0.5, 0.6) is 0 Å². The minimum Gasteiger partial charge on any atom is -0.351 e. The molecule has 3 N–H and O–H groups in total. The molecular weight excluding hydrogens is 230 g/mol. The molecule has 104 valence electrons. The second-order valence-electron chi connectivity index (χ2n) is 5.93. The summed E-state index contributed by atoms with van der Waals surface area (Å²) in [5, 5.41) is 8.49. The van der Waals surface area contributed by atoms with Crippen LogP contribution in [0, 0.1) is 0 Å². The van der Waals surface area contributed by atoms with Crippen molar-refractivity contribution in [3.8, 4) is 0 Å². The summed E-state index contributed by atoms with van der Waals surface area (Å²) >= 11 is 0. The van der Waals surface area contributed by atoms with E-state index in [2.05, 4.69) is 16.0 Å². The van der Waals surface area contributed by atoms with E-state index >= 15 is 0 Å². The molecule has 18 heavy (non-hydrogen) atoms. The Bertz CT molecular complexity index is 291. The van der Waals surface area contributed by atoms with Gasteiger partial charge < -0.3 is 16.0 Å². The van der Waals surface area contributed by atoms with Crippen LogP contribution in [0.4, 0.5) is 4.79 Å². The second kappa shape index (κ2) is 6.61. The smallest absolute Gasteiger partial charge is 0.315 e. The van der Waals surface area contributed by atoms with Crippen LogP contribution in [0.1, 0.15) is 52.9 Å². The SMILES string of the molecule is CC(C)(C)NC(=O)CCNC(=O)NC1CCCC1. The topological polar surface area (TPSA) is 70.2 Å². The van der Waals surface area contributed by atoms with E-state index in [0.717, 1.165) is 12.8 Å². The van der Waals surface area contributed by atoms with E-state index in [0.29, 0.717) is 19.0 Å². The van der Waals surface area contributed by atoms with Crippen LogP contribution in [-0.2, 0) is 4.79 Å². The van der Waals surface area contributed by atoms with E-state index < -0.39 is 0 Å². The first-order valence-corrected chi connectivity index (χ1v) is 6.72. The lowest BCUT2D eigenvalue weighted by molar-refractivity contribution is -0.122. The summed E-state index contributed by atoms with van der Waals surface area (Å²) in [6.07, 6.45) is 4.84. The van der Waals surface area contributed by atoms with Crippen LogP contribution in [0.15, 0.2) is 0 Å². The second-order valence-corrected chi connectivity index (χ2v) is 5.93. The number of nitrogens with one attached hydrogen (secondary N) is 3. The van der Waals surface area contributed by atoms with Crippen molar-refractivity contribution in [2.75, 3.05) is 6.54 Å². The molecule has 0 heterocycles. The Kier molecular flexibility index (Phi) is 5.44. The highest BCUT2D eigenvalue weighted by atomic mass is 16.2. The Morgan fingerprint density at radius 1 is 1.17 bits per heavy atom. The Morgan fingerprint density at radius 3 is 2.33 bits per heavy atom. The first-order valence-electron chi connectivity index (χ1n) is 6.72. The highest BCUT2D eigenvalue weighted by Gasteiger charge is 2.17. The summed E-state index contributed by atoms with van der Waals surface area (Å²) in [6.45, 7) is 6.18. The van der Waals surface area contributed by atoms with E-state index in [1.165, 1.54) is 12.8 Å². The number of hydrogen-bond acceptors (Lipinski definition) is 2. The van der Waals surface area contributed by atoms with Crippen molar-refractivity contribution in [1.82, 2.24) is 16.0 Å². The van der Waals surface area contributed by atoms with Gasteiger partial charge in [-0.3, -0.25) is 4.79 Å². The van der Waals surface area contributed by atoms with Gasteiger partial charge in [0.15, 0.2) is 0 Å². The van der Waals surface area contributed by atoms with Gasteiger partial charge in [0.05, 0.1) is 0 Å². The summed E-state index contributed by atoms with van der Waals surface area (Å²) in [5.41, 5.74) is -0.219. The van der Waals surface area contributed by atoms with Crippen LogP contribution in [-0.4, -0.2) is 30.1 Å². The van der Waals surface area contributed by atoms with E-state index in [1.54, 1.807) is 0 Å². The molecule has 0 radical (unpaired) electrons. The molecule has 0 aromatic rings. The zero-order chi connectivity index (χ0) is 13.6. The average Bonchev–Trinajstić information content (AvgIpc) is 2.67. The maximum atomic E-state index is 11.5. The number of urea groups is 1. The molecule has 1 rings (SSSR count). The lowest BCUT2D eigenvalue weighted by Crippen LogP contribution is -2.44. The van der Waals surface area contributed by atoms with Gasteiger partial charge in [-0.25, -0.2) is 4.79 Å². The maximum absolute atomic E-state index is 11.5. The van der Waals surface area contributed by atoms with E-state index in [-0.39, 0.29) is 17.5 Å². The molecule has 0 unspecified atom stereocenters. The van der Waals surface area contributed by atoms with Gasteiger partial charge in [-0.1, -0.05) is 12.8 Å². The molecule has 0 spiro atoms. The van der Waals surface area contributed by atoms with Gasteiger partial charge >= 0.3 is 6.03 Å². The molecule has 0 bridgehead atoms. The molecule has 3 amide bonds. The molecule has 1 aliphatic rings. The predicted octanol–water partition coefficient (Wildman–Crippen LogP) is 1.53. The van der Waals surface area contributed by atoms with Crippen molar-refractivity contribution in [3.05, 3.63) is 0 Å². The van der Waals surface area contributed by atoms with Crippen molar-refractivity contribution in [3.63, 3.8) is 0 Å². The third-order valence-corrected chi connectivity index (χ3v) is 2.84. The quantitative estimate of drug-likeness (QED) is 0.713. The standard InChI is InChI=1S/C13H25N3O2/c1-13(2,3)16-11(17)8-9-14-12(18)15-10-6-4-5-7-10/h10H,4-9H2,1-3H3,(H,16,17)(H2,14,15,18). The zero-order valence-electron chi connectivity index (χ0n) is 11.6. The van der Waals surface area contributed by atoms with Crippen molar-refractivity contribution in [1.29, 1.82) is 0 Å². The summed E-state index contributed by atoms with van der Waals surface area (Å²) in [4.78, 5) is 23.0. The molecule has 0 aromatic heterocycles. The number of carbonyl (C=O) groups excluding carboxylic acids is 2. The third-order valence-electron chi connectivity index (χ3n) is 2.84. The van der Waals surface area contributed by atoms with Gasteiger partial charge in [-0.15, -0.1) is 0 Å². The van der Waals surface area contributed by atoms with E-state index in [4.69, 9.17) is 0 Å². The predicted molar refractivity (Wildman–Crippen MR) is 71.3 cm³/mol. The first-order chi connectivity index (χ1) is 8.37. The Balaban J connectivity index is 2.09. The lowest BCUT2D eigenvalue weighted by Gasteiger charge is -2.20. The fourth-order valence-corrected chi connectivity index (χ4v) is 2.08. The fourth-order valence-electron chi connectivity index (χ4n) is 2.08. The third kappa shape index (κ3) is 6.47. The van der Waals surface area contributed by atoms with Crippen molar-refractivity contribution in [2.24, 2.45) is 0 Å². The maximum Gasteiger partial charge on any atom is 0.315 e. The monoisotopic (exact) mass is 255 g/mol. The van der Waals surface area contributed by atoms with Gasteiger partial charge in [0, 0.05) is 24.5 Å².